The van der Waals surface area contributed by atoms with E-state index in [2.05, 4.69) is 30.6 Å². The molecule has 0 radical (unpaired) electrons. The molecular formula is C13H20N6OS. The molecule has 0 saturated heterocycles. The molecule has 0 aliphatic heterocycles. The van der Waals surface area contributed by atoms with E-state index in [1.807, 2.05) is 33.9 Å². The molecule has 0 aliphatic rings. The molecule has 2 N–H and O–H groups in total. The first kappa shape index (κ1) is 15.4. The maximum atomic E-state index is 5.53. The quantitative estimate of drug-likeness (QED) is 0.848. The summed E-state index contributed by atoms with van der Waals surface area (Å²) in [4.78, 5) is 18.3. The molecule has 21 heavy (non-hydrogen) atoms. The van der Waals surface area contributed by atoms with Crippen molar-refractivity contribution in [2.75, 3.05) is 17.7 Å². The molecule has 1 atom stereocenters. The van der Waals surface area contributed by atoms with Crippen LogP contribution in [0.5, 0.6) is 6.01 Å². The number of nitrogens with zero attached hydrogens (tertiary/aromatic N) is 4. The van der Waals surface area contributed by atoms with Gasteiger partial charge in [-0.05, 0) is 27.7 Å². The summed E-state index contributed by atoms with van der Waals surface area (Å²) in [6.07, 6.45) is 1.86. The van der Waals surface area contributed by atoms with Crippen molar-refractivity contribution in [3.8, 4) is 6.01 Å². The van der Waals surface area contributed by atoms with Gasteiger partial charge < -0.3 is 15.4 Å². The van der Waals surface area contributed by atoms with Crippen LogP contribution in [0.1, 0.15) is 36.7 Å². The van der Waals surface area contributed by atoms with E-state index >= 15 is 0 Å². The lowest BCUT2D eigenvalue weighted by Crippen LogP contribution is -2.14. The largest absolute Gasteiger partial charge is 0.461 e. The van der Waals surface area contributed by atoms with E-state index < -0.39 is 0 Å². The van der Waals surface area contributed by atoms with Gasteiger partial charge in [0.25, 0.3) is 0 Å². The van der Waals surface area contributed by atoms with E-state index in [4.69, 9.17) is 4.74 Å². The Hall–Kier alpha value is -1.96. The van der Waals surface area contributed by atoms with Gasteiger partial charge in [0.1, 0.15) is 5.01 Å². The zero-order chi connectivity index (χ0) is 15.4. The third-order valence-electron chi connectivity index (χ3n) is 2.53. The second kappa shape index (κ2) is 6.66. The molecule has 0 fully saturated rings. The number of thiazole rings is 1. The van der Waals surface area contributed by atoms with Crippen molar-refractivity contribution in [3.63, 3.8) is 0 Å². The molecule has 0 aliphatic carbocycles. The Kier molecular flexibility index (Phi) is 4.89. The molecule has 7 nitrogen and oxygen atoms in total. The third-order valence-corrected chi connectivity index (χ3v) is 3.63. The summed E-state index contributed by atoms with van der Waals surface area (Å²) in [5.41, 5.74) is 0. The fourth-order valence-corrected chi connectivity index (χ4v) is 2.40. The van der Waals surface area contributed by atoms with Crippen LogP contribution in [-0.4, -0.2) is 33.1 Å². The van der Waals surface area contributed by atoms with Crippen molar-refractivity contribution in [2.45, 2.75) is 39.8 Å². The number of nitrogens with one attached hydrogen (secondary N) is 2. The number of rotatable bonds is 6. The molecule has 0 aromatic carbocycles. The van der Waals surface area contributed by atoms with Crippen LogP contribution in [-0.2, 0) is 0 Å². The highest BCUT2D eigenvalue weighted by atomic mass is 32.1. The number of aryl methyl sites for hydroxylation is 1. The second-order valence-corrected chi connectivity index (χ2v) is 6.12. The van der Waals surface area contributed by atoms with E-state index in [1.165, 1.54) is 4.88 Å². The Morgan fingerprint density at radius 1 is 1.14 bits per heavy atom. The molecular weight excluding hydrogens is 288 g/mol. The summed E-state index contributed by atoms with van der Waals surface area (Å²) in [7, 11) is 1.76. The lowest BCUT2D eigenvalue weighted by molar-refractivity contribution is 0.222. The summed E-state index contributed by atoms with van der Waals surface area (Å²) in [5.74, 6) is 0.927. The molecule has 8 heteroatoms. The predicted molar refractivity (Wildman–Crippen MR) is 84.0 cm³/mol. The second-order valence-electron chi connectivity index (χ2n) is 4.86. The zero-order valence-corrected chi connectivity index (χ0v) is 13.7. The number of ether oxygens (including phenoxy) is 1. The van der Waals surface area contributed by atoms with Crippen LogP contribution in [0.25, 0.3) is 0 Å². The number of aromatic nitrogens is 4. The molecule has 0 bridgehead atoms. The molecule has 1 unspecified atom stereocenters. The van der Waals surface area contributed by atoms with Crippen LogP contribution in [0.3, 0.4) is 0 Å². The molecule has 0 amide bonds. The van der Waals surface area contributed by atoms with Crippen molar-refractivity contribution in [1.82, 2.24) is 19.9 Å². The van der Waals surface area contributed by atoms with Gasteiger partial charge in [0.05, 0.1) is 12.1 Å². The molecule has 2 rings (SSSR count). The maximum absolute atomic E-state index is 5.53. The first-order valence-electron chi connectivity index (χ1n) is 6.77. The standard InChI is InChI=1S/C13H20N6OS/c1-7(2)20-13-18-11(14-5)17-12(19-13)16-9(4)10-15-6-8(3)21-10/h6-7,9H,1-5H3,(H2,14,16,17,18,19). The highest BCUT2D eigenvalue weighted by molar-refractivity contribution is 7.11. The van der Waals surface area contributed by atoms with Crippen molar-refractivity contribution in [2.24, 2.45) is 0 Å². The summed E-state index contributed by atoms with van der Waals surface area (Å²) < 4.78 is 5.53. The van der Waals surface area contributed by atoms with Gasteiger partial charge in [0.15, 0.2) is 0 Å². The maximum Gasteiger partial charge on any atom is 0.323 e. The van der Waals surface area contributed by atoms with Crippen LogP contribution in [0, 0.1) is 6.92 Å². The average Bonchev–Trinajstić information content (AvgIpc) is 2.84. The van der Waals surface area contributed by atoms with Crippen molar-refractivity contribution >= 4 is 23.2 Å². The Bertz CT molecular complexity index is 600. The van der Waals surface area contributed by atoms with Crippen LogP contribution in [0.15, 0.2) is 6.20 Å². The molecule has 2 aromatic heterocycles. The topological polar surface area (TPSA) is 84.9 Å². The Balaban J connectivity index is 2.18. The lowest BCUT2D eigenvalue weighted by atomic mass is 10.4. The van der Waals surface area contributed by atoms with Crippen LogP contribution < -0.4 is 15.4 Å². The highest BCUT2D eigenvalue weighted by Gasteiger charge is 2.13. The van der Waals surface area contributed by atoms with Gasteiger partial charge in [-0.15, -0.1) is 11.3 Å². The van der Waals surface area contributed by atoms with Gasteiger partial charge in [-0.25, -0.2) is 4.98 Å². The number of hydrogen-bond acceptors (Lipinski definition) is 8. The monoisotopic (exact) mass is 308 g/mol. The molecule has 0 spiro atoms. The fourth-order valence-electron chi connectivity index (χ4n) is 1.62. The van der Waals surface area contributed by atoms with E-state index in [9.17, 15) is 0 Å². The predicted octanol–water partition coefficient (Wildman–Crippen LogP) is 2.64. The SMILES string of the molecule is CNc1nc(NC(C)c2ncc(C)s2)nc(OC(C)C)n1. The Morgan fingerprint density at radius 2 is 1.86 bits per heavy atom. The molecule has 2 aromatic rings. The van der Waals surface area contributed by atoms with E-state index in [0.717, 1.165) is 5.01 Å². The number of anilines is 2. The van der Waals surface area contributed by atoms with Gasteiger partial charge in [0, 0.05) is 18.1 Å². The summed E-state index contributed by atoms with van der Waals surface area (Å²) >= 11 is 1.65. The van der Waals surface area contributed by atoms with Crippen molar-refractivity contribution < 1.29 is 4.74 Å². The van der Waals surface area contributed by atoms with Gasteiger partial charge in [-0.2, -0.15) is 15.0 Å². The Labute approximate surface area is 128 Å². The highest BCUT2D eigenvalue weighted by Crippen LogP contribution is 2.22. The van der Waals surface area contributed by atoms with Gasteiger partial charge >= 0.3 is 6.01 Å². The van der Waals surface area contributed by atoms with Gasteiger partial charge in [-0.3, -0.25) is 0 Å². The first-order chi connectivity index (χ1) is 9.97. The van der Waals surface area contributed by atoms with E-state index in [1.54, 1.807) is 18.4 Å². The third kappa shape index (κ3) is 4.25. The van der Waals surface area contributed by atoms with Crippen molar-refractivity contribution in [3.05, 3.63) is 16.1 Å². The minimum atomic E-state index is 0.00370. The number of hydrogen-bond donors (Lipinski definition) is 2. The molecule has 0 saturated carbocycles. The van der Waals surface area contributed by atoms with Crippen molar-refractivity contribution in [1.29, 1.82) is 0 Å². The average molecular weight is 308 g/mol. The smallest absolute Gasteiger partial charge is 0.323 e. The Morgan fingerprint density at radius 3 is 2.43 bits per heavy atom. The lowest BCUT2D eigenvalue weighted by Gasteiger charge is -2.14. The van der Waals surface area contributed by atoms with Crippen LogP contribution in [0.4, 0.5) is 11.9 Å². The summed E-state index contributed by atoms with van der Waals surface area (Å²) in [5, 5.41) is 7.12. The molecule has 114 valence electrons. The summed E-state index contributed by atoms with van der Waals surface area (Å²) in [6.45, 7) is 7.91. The first-order valence-corrected chi connectivity index (χ1v) is 7.59. The van der Waals surface area contributed by atoms with Gasteiger partial charge in [-0.1, -0.05) is 0 Å². The van der Waals surface area contributed by atoms with E-state index in [0.29, 0.717) is 17.9 Å². The van der Waals surface area contributed by atoms with Gasteiger partial charge in [0.2, 0.25) is 11.9 Å². The van der Waals surface area contributed by atoms with E-state index in [-0.39, 0.29) is 12.1 Å². The van der Waals surface area contributed by atoms with Crippen LogP contribution >= 0.6 is 11.3 Å². The fraction of sp³-hybridized carbons (Fsp3) is 0.538. The molecule has 2 heterocycles. The minimum Gasteiger partial charge on any atom is -0.461 e. The summed E-state index contributed by atoms with van der Waals surface area (Å²) in [6, 6.07) is 0.317. The minimum absolute atomic E-state index is 0.00370. The zero-order valence-electron chi connectivity index (χ0n) is 12.8. The van der Waals surface area contributed by atoms with Crippen LogP contribution in [0.2, 0.25) is 0 Å². The normalized spacial score (nSPS) is 12.3.